The average molecular weight is 251 g/mol. The summed E-state index contributed by atoms with van der Waals surface area (Å²) in [6, 6.07) is 22.0. The van der Waals surface area contributed by atoms with Crippen LogP contribution in [0.2, 0.25) is 0 Å². The number of ether oxygens (including phenoxy) is 1. The van der Waals surface area contributed by atoms with Gasteiger partial charge in [-0.15, -0.1) is 0 Å². The van der Waals surface area contributed by atoms with Crippen molar-refractivity contribution in [3.63, 3.8) is 0 Å². The second-order valence-electron chi connectivity index (χ2n) is 5.36. The molecule has 0 N–H and O–H groups in total. The van der Waals surface area contributed by atoms with E-state index in [4.69, 9.17) is 4.74 Å². The largest absolute Gasteiger partial charge is 0.380 e. The number of hydrogen-bond donors (Lipinski definition) is 0. The molecule has 1 radical (unpaired) electrons. The van der Waals surface area contributed by atoms with Crippen LogP contribution in [0.3, 0.4) is 0 Å². The Morgan fingerprint density at radius 3 is 2.42 bits per heavy atom. The van der Waals surface area contributed by atoms with Crippen LogP contribution in [0.15, 0.2) is 54.6 Å². The van der Waals surface area contributed by atoms with Gasteiger partial charge in [0.05, 0.1) is 13.2 Å². The van der Waals surface area contributed by atoms with E-state index >= 15 is 0 Å². The Balaban J connectivity index is 1.48. The normalized spacial score (nSPS) is 16.2. The third-order valence-corrected chi connectivity index (χ3v) is 3.94. The van der Waals surface area contributed by atoms with E-state index in [2.05, 4.69) is 48.5 Å². The summed E-state index contributed by atoms with van der Waals surface area (Å²) in [5, 5.41) is 0. The maximum atomic E-state index is 5.91. The Morgan fingerprint density at radius 2 is 1.74 bits per heavy atom. The van der Waals surface area contributed by atoms with Crippen molar-refractivity contribution >= 4 is 0 Å². The van der Waals surface area contributed by atoms with Gasteiger partial charge in [0.2, 0.25) is 0 Å². The van der Waals surface area contributed by atoms with E-state index in [0.29, 0.717) is 5.41 Å². The molecule has 0 unspecified atom stereocenters. The highest BCUT2D eigenvalue weighted by Gasteiger charge is 2.44. The highest BCUT2D eigenvalue weighted by atomic mass is 16.5. The molecule has 97 valence electrons. The molecular formula is C18H19O. The zero-order chi connectivity index (χ0) is 13.0. The predicted molar refractivity (Wildman–Crippen MR) is 77.2 cm³/mol. The molecule has 0 aromatic heterocycles. The monoisotopic (exact) mass is 251 g/mol. The maximum Gasteiger partial charge on any atom is 0.0563 e. The van der Waals surface area contributed by atoms with Gasteiger partial charge in [0.25, 0.3) is 0 Å². The molecule has 2 aromatic carbocycles. The van der Waals surface area contributed by atoms with Gasteiger partial charge in [-0.3, -0.25) is 0 Å². The molecule has 1 aliphatic carbocycles. The summed E-state index contributed by atoms with van der Waals surface area (Å²) in [5.74, 6) is 0. The Kier molecular flexibility index (Phi) is 3.65. The number of benzene rings is 2. The van der Waals surface area contributed by atoms with Crippen LogP contribution in [0.25, 0.3) is 0 Å². The first-order chi connectivity index (χ1) is 9.39. The Morgan fingerprint density at radius 1 is 1.00 bits per heavy atom. The van der Waals surface area contributed by atoms with Crippen molar-refractivity contribution in [3.05, 3.63) is 71.8 Å². The van der Waals surface area contributed by atoms with Crippen LogP contribution < -0.4 is 0 Å². The summed E-state index contributed by atoms with van der Waals surface area (Å²) >= 11 is 0. The lowest BCUT2D eigenvalue weighted by Gasteiger charge is -2.15. The second-order valence-corrected chi connectivity index (χ2v) is 5.36. The quantitative estimate of drug-likeness (QED) is 0.710. The van der Waals surface area contributed by atoms with Crippen molar-refractivity contribution in [2.45, 2.75) is 24.7 Å². The van der Waals surface area contributed by atoms with Gasteiger partial charge >= 0.3 is 0 Å². The van der Waals surface area contributed by atoms with E-state index < -0.39 is 0 Å². The summed E-state index contributed by atoms with van der Waals surface area (Å²) in [4.78, 5) is 0. The van der Waals surface area contributed by atoms with Crippen molar-refractivity contribution in [2.24, 2.45) is 0 Å². The summed E-state index contributed by atoms with van der Waals surface area (Å²) in [7, 11) is 0. The SMILES string of the molecule is [c]1ccc(C2(COCCc3ccccc3)CC2)cc1. The first kappa shape index (κ1) is 12.4. The maximum absolute atomic E-state index is 5.91. The van der Waals surface area contributed by atoms with E-state index in [-0.39, 0.29) is 0 Å². The highest BCUT2D eigenvalue weighted by molar-refractivity contribution is 5.30. The Bertz CT molecular complexity index is 500. The minimum atomic E-state index is 0.297. The van der Waals surface area contributed by atoms with E-state index in [1.807, 2.05) is 12.1 Å². The zero-order valence-electron chi connectivity index (χ0n) is 11.1. The second kappa shape index (κ2) is 5.58. The summed E-state index contributed by atoms with van der Waals surface area (Å²) < 4.78 is 5.91. The van der Waals surface area contributed by atoms with Crippen LogP contribution in [0.4, 0.5) is 0 Å². The van der Waals surface area contributed by atoms with Crippen LogP contribution in [-0.4, -0.2) is 13.2 Å². The zero-order valence-corrected chi connectivity index (χ0v) is 11.1. The molecular weight excluding hydrogens is 232 g/mol. The third kappa shape index (κ3) is 3.05. The molecule has 3 rings (SSSR count). The summed E-state index contributed by atoms with van der Waals surface area (Å²) in [6.45, 7) is 1.66. The van der Waals surface area contributed by atoms with E-state index in [0.717, 1.165) is 19.6 Å². The lowest BCUT2D eigenvalue weighted by molar-refractivity contribution is 0.116. The smallest absolute Gasteiger partial charge is 0.0563 e. The molecule has 1 heteroatoms. The van der Waals surface area contributed by atoms with Crippen LogP contribution in [-0.2, 0) is 16.6 Å². The molecule has 1 saturated carbocycles. The van der Waals surface area contributed by atoms with E-state index in [9.17, 15) is 0 Å². The Labute approximate surface area is 115 Å². The molecule has 0 atom stereocenters. The minimum absolute atomic E-state index is 0.297. The third-order valence-electron chi connectivity index (χ3n) is 3.94. The van der Waals surface area contributed by atoms with Gasteiger partial charge in [-0.1, -0.05) is 54.6 Å². The molecule has 19 heavy (non-hydrogen) atoms. The van der Waals surface area contributed by atoms with Crippen molar-refractivity contribution < 1.29 is 4.74 Å². The minimum Gasteiger partial charge on any atom is -0.380 e. The average Bonchev–Trinajstić information content (AvgIpc) is 3.27. The summed E-state index contributed by atoms with van der Waals surface area (Å²) in [6.07, 6.45) is 3.50. The van der Waals surface area contributed by atoms with Crippen LogP contribution in [0, 0.1) is 6.07 Å². The fourth-order valence-electron chi connectivity index (χ4n) is 2.51. The van der Waals surface area contributed by atoms with Crippen molar-refractivity contribution in [1.82, 2.24) is 0 Å². The van der Waals surface area contributed by atoms with E-state index in [1.165, 1.54) is 24.0 Å². The molecule has 0 aliphatic heterocycles. The van der Waals surface area contributed by atoms with Gasteiger partial charge in [0.1, 0.15) is 0 Å². The van der Waals surface area contributed by atoms with Gasteiger partial charge in [0, 0.05) is 5.41 Å². The fourth-order valence-corrected chi connectivity index (χ4v) is 2.51. The lowest BCUT2D eigenvalue weighted by Crippen LogP contribution is -2.16. The molecule has 0 spiro atoms. The first-order valence-corrected chi connectivity index (χ1v) is 6.97. The lowest BCUT2D eigenvalue weighted by atomic mass is 9.97. The summed E-state index contributed by atoms with van der Waals surface area (Å²) in [5.41, 5.74) is 3.05. The molecule has 0 heterocycles. The van der Waals surface area contributed by atoms with Gasteiger partial charge in [-0.2, -0.15) is 0 Å². The van der Waals surface area contributed by atoms with Gasteiger partial charge in [0.15, 0.2) is 0 Å². The van der Waals surface area contributed by atoms with Crippen LogP contribution in [0.1, 0.15) is 24.0 Å². The van der Waals surface area contributed by atoms with Gasteiger partial charge in [-0.25, -0.2) is 0 Å². The van der Waals surface area contributed by atoms with Crippen molar-refractivity contribution in [1.29, 1.82) is 0 Å². The molecule has 0 bridgehead atoms. The van der Waals surface area contributed by atoms with Crippen LogP contribution in [0.5, 0.6) is 0 Å². The molecule has 0 amide bonds. The molecule has 2 aromatic rings. The van der Waals surface area contributed by atoms with Gasteiger partial charge < -0.3 is 4.74 Å². The predicted octanol–water partition coefficient (Wildman–Crippen LogP) is 3.78. The van der Waals surface area contributed by atoms with Crippen molar-refractivity contribution in [2.75, 3.05) is 13.2 Å². The molecule has 0 saturated heterocycles. The fraction of sp³-hybridized carbons (Fsp3) is 0.333. The van der Waals surface area contributed by atoms with Crippen molar-refractivity contribution in [3.8, 4) is 0 Å². The standard InChI is InChI=1S/C18H19O/c1-3-7-16(8-4-1)11-14-19-15-18(12-13-18)17-9-5-2-6-10-17/h1,3-10H,11-15H2. The highest BCUT2D eigenvalue weighted by Crippen LogP contribution is 2.48. The number of rotatable bonds is 6. The molecule has 1 aliphatic rings. The Hall–Kier alpha value is -1.60. The van der Waals surface area contributed by atoms with E-state index in [1.54, 1.807) is 0 Å². The topological polar surface area (TPSA) is 9.23 Å². The molecule has 1 nitrogen and oxygen atoms in total. The first-order valence-electron chi connectivity index (χ1n) is 6.97. The van der Waals surface area contributed by atoms with Gasteiger partial charge in [-0.05, 0) is 36.5 Å². The van der Waals surface area contributed by atoms with Crippen LogP contribution >= 0.6 is 0 Å². The number of hydrogen-bond acceptors (Lipinski definition) is 1. The molecule has 1 fully saturated rings.